The van der Waals surface area contributed by atoms with Crippen molar-refractivity contribution in [3.63, 3.8) is 0 Å². The topological polar surface area (TPSA) is 256 Å². The highest BCUT2D eigenvalue weighted by atomic mass is 16.7. The number of rotatable bonds is 5. The number of aliphatic hydroxyl groups excluding tert-OH is 2. The summed E-state index contributed by atoms with van der Waals surface area (Å²) in [5.74, 6) is -9.87. The number of nitrogens with zero attached hydrogens (tertiary/aromatic N) is 2. The zero-order valence-electron chi connectivity index (χ0n) is 35.3. The maximum absolute atomic E-state index is 14.4. The number of carbonyl (C=O) groups excluding carboxylic acids is 4. The SMILES string of the molecule is CO[C@H]1/C=C/O[C@@]2(C)Oc3c(C)c(O)c4c(O)c(c(/C=N/NC(=O)c5ccncc5)c(O)c4c3C2=O)NC(=O)C(C)=CC=C[C@H](C)[C@H](O)[C@@H](C)[C@@H](O)[C@@H](C)[C@H](OC(C)=O)[C@@H]1C. The van der Waals surface area contributed by atoms with Crippen LogP contribution in [0.2, 0.25) is 0 Å². The number of Topliss-reactive ketones (excluding diaryl/α,β-unsaturated/α-hetero) is 1. The standard InChI is InChI=1S/C44H52N4O13/c1-20-11-10-12-21(2)42(56)47-33-28(19-46-48-43(57)27-13-16-45-17-14-27)37(53)30-31(38(33)54)36(52)25(6)40-32(30)41(55)44(8,61-40)59-18-15-29(58-9)22(3)39(60-26(7)49)24(5)35(51)23(4)34(20)50/h10-20,22-24,29,34-35,39,50-54H,1-9H3,(H,47,56)(H,48,57)/b11-10?,18-15+,21-12?,46-19+/t20-,22+,23+,24+,29-,34-,35+,39+,44-/m0/s1. The minimum absolute atomic E-state index is 0.0115. The zero-order chi connectivity index (χ0) is 45.1. The quantitative estimate of drug-likeness (QED) is 0.0592. The van der Waals surface area contributed by atoms with Crippen LogP contribution in [0.1, 0.15) is 80.3 Å². The molecule has 5 bridgehead atoms. The van der Waals surface area contributed by atoms with E-state index in [9.17, 15) is 44.7 Å². The number of ether oxygens (including phenoxy) is 4. The van der Waals surface area contributed by atoms with E-state index in [1.807, 2.05) is 0 Å². The summed E-state index contributed by atoms with van der Waals surface area (Å²) >= 11 is 0. The number of phenols is 3. The second-order valence-corrected chi connectivity index (χ2v) is 15.6. The van der Waals surface area contributed by atoms with Gasteiger partial charge in [-0.3, -0.25) is 24.2 Å². The van der Waals surface area contributed by atoms with Crippen LogP contribution in [-0.4, -0.2) is 97.6 Å². The monoisotopic (exact) mass is 844 g/mol. The molecule has 2 aromatic carbocycles. The van der Waals surface area contributed by atoms with E-state index in [0.717, 1.165) is 12.5 Å². The molecule has 61 heavy (non-hydrogen) atoms. The maximum Gasteiger partial charge on any atom is 0.312 e. The predicted octanol–water partition coefficient (Wildman–Crippen LogP) is 4.91. The van der Waals surface area contributed by atoms with Crippen LogP contribution in [0.25, 0.3) is 10.8 Å². The number of carbonyl (C=O) groups is 4. The molecule has 0 fully saturated rings. The molecular formula is C44H52N4O13. The number of methoxy groups -OCH3 is 1. The summed E-state index contributed by atoms with van der Waals surface area (Å²) in [4.78, 5) is 57.1. The van der Waals surface area contributed by atoms with Crippen molar-refractivity contribution in [1.29, 1.82) is 0 Å². The molecule has 0 saturated heterocycles. The van der Waals surface area contributed by atoms with Crippen molar-refractivity contribution >= 4 is 46.2 Å². The number of nitrogens with one attached hydrogen (secondary N) is 2. The number of aliphatic hydroxyl groups is 2. The van der Waals surface area contributed by atoms with Crippen molar-refractivity contribution in [2.24, 2.45) is 28.8 Å². The van der Waals surface area contributed by atoms with E-state index in [4.69, 9.17) is 18.9 Å². The van der Waals surface area contributed by atoms with Gasteiger partial charge in [-0.2, -0.15) is 5.10 Å². The lowest BCUT2D eigenvalue weighted by atomic mass is 9.78. The lowest BCUT2D eigenvalue weighted by Gasteiger charge is -2.38. The average molecular weight is 845 g/mol. The number of esters is 1. The van der Waals surface area contributed by atoms with E-state index in [-0.39, 0.29) is 39.0 Å². The minimum Gasteiger partial charge on any atom is -0.507 e. The van der Waals surface area contributed by atoms with Crippen LogP contribution in [0.3, 0.4) is 0 Å². The van der Waals surface area contributed by atoms with Gasteiger partial charge in [-0.1, -0.05) is 45.9 Å². The van der Waals surface area contributed by atoms with Crippen LogP contribution < -0.4 is 15.5 Å². The molecule has 3 aliphatic heterocycles. The fourth-order valence-corrected chi connectivity index (χ4v) is 7.60. The van der Waals surface area contributed by atoms with Gasteiger partial charge in [0.25, 0.3) is 17.6 Å². The van der Waals surface area contributed by atoms with Crippen molar-refractivity contribution in [1.82, 2.24) is 10.4 Å². The first kappa shape index (κ1) is 45.8. The molecule has 17 nitrogen and oxygen atoms in total. The van der Waals surface area contributed by atoms with Gasteiger partial charge in [-0.25, -0.2) is 5.43 Å². The van der Waals surface area contributed by atoms with Gasteiger partial charge in [0.2, 0.25) is 0 Å². The molecular weight excluding hydrogens is 792 g/mol. The molecule has 0 saturated carbocycles. The van der Waals surface area contributed by atoms with E-state index in [0.29, 0.717) is 0 Å². The molecule has 7 N–H and O–H groups in total. The van der Waals surface area contributed by atoms with Crippen molar-refractivity contribution in [3.05, 3.63) is 82.9 Å². The highest BCUT2D eigenvalue weighted by Gasteiger charge is 2.50. The van der Waals surface area contributed by atoms with Crippen molar-refractivity contribution in [3.8, 4) is 23.0 Å². The molecule has 1 aromatic heterocycles. The van der Waals surface area contributed by atoms with Crippen molar-refractivity contribution < 1.29 is 63.7 Å². The highest BCUT2D eigenvalue weighted by Crippen LogP contribution is 2.55. The molecule has 2 amide bonds. The van der Waals surface area contributed by atoms with E-state index in [1.165, 1.54) is 77.6 Å². The van der Waals surface area contributed by atoms with Crippen LogP contribution >= 0.6 is 0 Å². The number of ketones is 1. The molecule has 326 valence electrons. The Kier molecular flexibility index (Phi) is 13.9. The number of hydrogen-bond acceptors (Lipinski definition) is 15. The van der Waals surface area contributed by atoms with Crippen LogP contribution in [0.5, 0.6) is 23.0 Å². The Balaban J connectivity index is 1.70. The Morgan fingerprint density at radius 1 is 0.951 bits per heavy atom. The maximum atomic E-state index is 14.4. The van der Waals surface area contributed by atoms with Crippen molar-refractivity contribution in [2.45, 2.75) is 85.6 Å². The lowest BCUT2D eigenvalue weighted by molar-refractivity contribution is -0.160. The summed E-state index contributed by atoms with van der Waals surface area (Å²) in [6.07, 6.45) is 6.93. The van der Waals surface area contributed by atoms with E-state index in [2.05, 4.69) is 20.8 Å². The number of phenolic OH excluding ortho intramolecular Hbond substituents is 3. The minimum atomic E-state index is -2.11. The third kappa shape index (κ3) is 9.08. The van der Waals surface area contributed by atoms with E-state index in [1.54, 1.807) is 33.8 Å². The number of amides is 2. The fourth-order valence-electron chi connectivity index (χ4n) is 7.60. The molecule has 0 radical (unpaired) electrons. The van der Waals surface area contributed by atoms with Crippen LogP contribution in [0, 0.1) is 30.6 Å². The van der Waals surface area contributed by atoms with Crippen LogP contribution in [-0.2, 0) is 23.8 Å². The molecule has 0 spiro atoms. The predicted molar refractivity (Wildman–Crippen MR) is 223 cm³/mol. The third-order valence-electron chi connectivity index (χ3n) is 11.3. The fraction of sp³-hybridized carbons (Fsp3) is 0.409. The smallest absolute Gasteiger partial charge is 0.312 e. The lowest BCUT2D eigenvalue weighted by Crippen LogP contribution is -2.46. The van der Waals surface area contributed by atoms with Gasteiger partial charge < -0.3 is 49.8 Å². The number of anilines is 1. The Hall–Kier alpha value is -6.30. The number of aromatic nitrogens is 1. The molecule has 3 aromatic rings. The molecule has 6 rings (SSSR count). The Morgan fingerprint density at radius 3 is 2.26 bits per heavy atom. The second-order valence-electron chi connectivity index (χ2n) is 15.6. The van der Waals surface area contributed by atoms with Crippen molar-refractivity contribution in [2.75, 3.05) is 12.4 Å². The van der Waals surface area contributed by atoms with Gasteiger partial charge in [-0.15, -0.1) is 0 Å². The summed E-state index contributed by atoms with van der Waals surface area (Å²) < 4.78 is 23.5. The summed E-state index contributed by atoms with van der Waals surface area (Å²) in [7, 11) is 1.41. The van der Waals surface area contributed by atoms with Crippen LogP contribution in [0.4, 0.5) is 5.69 Å². The highest BCUT2D eigenvalue weighted by molar-refractivity contribution is 6.24. The number of hydrogen-bond donors (Lipinski definition) is 7. The van der Waals surface area contributed by atoms with Gasteiger partial charge in [-0.05, 0) is 32.1 Å². The molecule has 9 atom stereocenters. The van der Waals surface area contributed by atoms with Gasteiger partial charge >= 0.3 is 11.8 Å². The van der Waals surface area contributed by atoms with E-state index >= 15 is 0 Å². The number of hydrazone groups is 1. The Labute approximate surface area is 352 Å². The summed E-state index contributed by atoms with van der Waals surface area (Å²) in [5, 5.41) is 63.9. The third-order valence-corrected chi connectivity index (χ3v) is 11.3. The molecule has 0 unspecified atom stereocenters. The first-order valence-electron chi connectivity index (χ1n) is 19.6. The number of aromatic hydroxyl groups is 3. The summed E-state index contributed by atoms with van der Waals surface area (Å²) in [6, 6.07) is 2.87. The van der Waals surface area contributed by atoms with Gasteiger partial charge in [0.15, 0.2) is 5.75 Å². The molecule has 4 heterocycles. The van der Waals surface area contributed by atoms with Gasteiger partial charge in [0.1, 0.15) is 23.4 Å². The number of benzene rings is 2. The first-order chi connectivity index (χ1) is 28.7. The zero-order valence-corrected chi connectivity index (χ0v) is 35.3. The normalized spacial score (nSPS) is 28.0. The largest absolute Gasteiger partial charge is 0.507 e. The second kappa shape index (κ2) is 18.5. The van der Waals surface area contributed by atoms with Crippen LogP contribution in [0.15, 0.2) is 65.8 Å². The first-order valence-corrected chi connectivity index (χ1v) is 19.6. The van der Waals surface area contributed by atoms with Gasteiger partial charge in [0.05, 0.1) is 53.0 Å². The molecule has 0 aliphatic carbocycles. The summed E-state index contributed by atoms with van der Waals surface area (Å²) in [5.41, 5.74) is 1.50. The Morgan fingerprint density at radius 2 is 1.62 bits per heavy atom. The Bertz CT molecular complexity index is 2320. The number of pyridine rings is 1. The van der Waals surface area contributed by atoms with E-state index < -0.39 is 106 Å². The summed E-state index contributed by atoms with van der Waals surface area (Å²) in [6.45, 7) is 12.2. The number of allylic oxidation sites excluding steroid dienone is 2. The molecule has 17 heteroatoms. The number of fused-ring (bicyclic) bond motifs is 14. The average Bonchev–Trinajstić information content (AvgIpc) is 3.50. The van der Waals surface area contributed by atoms with Gasteiger partial charge in [0, 0.05) is 79.1 Å². The molecule has 3 aliphatic rings.